The van der Waals surface area contributed by atoms with Crippen LogP contribution in [0.3, 0.4) is 0 Å². The van der Waals surface area contributed by atoms with Gasteiger partial charge < -0.3 is 15.2 Å². The van der Waals surface area contributed by atoms with Crippen LogP contribution in [0.1, 0.15) is 5.56 Å². The van der Waals surface area contributed by atoms with E-state index in [4.69, 9.17) is 0 Å². The van der Waals surface area contributed by atoms with Crippen molar-refractivity contribution < 1.29 is 0 Å². The SMILES string of the molecule is CN=C(NCc1ccn(C)c1)NCC1CN2CCN1CC2. The van der Waals surface area contributed by atoms with Gasteiger partial charge in [-0.25, -0.2) is 0 Å². The summed E-state index contributed by atoms with van der Waals surface area (Å²) in [5, 5.41) is 6.84. The highest BCUT2D eigenvalue weighted by Gasteiger charge is 2.31. The Labute approximate surface area is 126 Å². The number of hydrogen-bond donors (Lipinski definition) is 2. The molecular formula is C15H26N6. The molecule has 21 heavy (non-hydrogen) atoms. The highest BCUT2D eigenvalue weighted by Crippen LogP contribution is 2.14. The fourth-order valence-electron chi connectivity index (χ4n) is 3.20. The lowest BCUT2D eigenvalue weighted by molar-refractivity contribution is 0.0154. The van der Waals surface area contributed by atoms with Gasteiger partial charge in [0.05, 0.1) is 0 Å². The van der Waals surface area contributed by atoms with E-state index in [1.807, 2.05) is 14.1 Å². The lowest BCUT2D eigenvalue weighted by Crippen LogP contribution is -2.63. The Morgan fingerprint density at radius 2 is 2.10 bits per heavy atom. The van der Waals surface area contributed by atoms with Gasteiger partial charge in [-0.05, 0) is 11.6 Å². The van der Waals surface area contributed by atoms with Crippen molar-refractivity contribution in [2.75, 3.05) is 46.3 Å². The van der Waals surface area contributed by atoms with Crippen molar-refractivity contribution in [3.05, 3.63) is 24.0 Å². The third-order valence-corrected chi connectivity index (χ3v) is 4.47. The lowest BCUT2D eigenvalue weighted by Gasteiger charge is -2.47. The van der Waals surface area contributed by atoms with Crippen molar-refractivity contribution in [1.82, 2.24) is 25.0 Å². The number of nitrogens with zero attached hydrogens (tertiary/aromatic N) is 4. The number of piperazine rings is 3. The molecule has 6 nitrogen and oxygen atoms in total. The largest absolute Gasteiger partial charge is 0.357 e. The van der Waals surface area contributed by atoms with E-state index in [0.717, 1.165) is 19.0 Å². The van der Waals surface area contributed by atoms with Gasteiger partial charge in [0.1, 0.15) is 0 Å². The minimum Gasteiger partial charge on any atom is -0.357 e. The molecule has 0 spiro atoms. The third-order valence-electron chi connectivity index (χ3n) is 4.47. The second kappa shape index (κ2) is 6.49. The molecule has 1 unspecified atom stereocenters. The summed E-state index contributed by atoms with van der Waals surface area (Å²) >= 11 is 0. The van der Waals surface area contributed by atoms with Gasteiger partial charge in [0, 0.05) is 78.3 Å². The molecule has 4 rings (SSSR count). The first-order valence-electron chi connectivity index (χ1n) is 7.76. The minimum absolute atomic E-state index is 0.614. The zero-order chi connectivity index (χ0) is 14.7. The zero-order valence-electron chi connectivity index (χ0n) is 13.0. The maximum absolute atomic E-state index is 4.31. The van der Waals surface area contributed by atoms with Gasteiger partial charge in [-0.3, -0.25) is 14.8 Å². The molecule has 3 aliphatic heterocycles. The Bertz CT molecular complexity index is 486. The van der Waals surface area contributed by atoms with Crippen LogP contribution in [0.5, 0.6) is 0 Å². The molecule has 0 radical (unpaired) electrons. The molecule has 2 bridgehead atoms. The van der Waals surface area contributed by atoms with Gasteiger partial charge >= 0.3 is 0 Å². The van der Waals surface area contributed by atoms with Crippen LogP contribution in [-0.2, 0) is 13.6 Å². The summed E-state index contributed by atoms with van der Waals surface area (Å²) in [6.07, 6.45) is 4.19. The van der Waals surface area contributed by atoms with E-state index in [9.17, 15) is 0 Å². The molecule has 0 aromatic carbocycles. The molecule has 0 amide bonds. The quantitative estimate of drug-likeness (QED) is 0.590. The summed E-state index contributed by atoms with van der Waals surface area (Å²) in [7, 11) is 3.87. The first kappa shape index (κ1) is 14.4. The van der Waals surface area contributed by atoms with Crippen LogP contribution in [0.15, 0.2) is 23.5 Å². The van der Waals surface area contributed by atoms with Crippen LogP contribution in [0.4, 0.5) is 0 Å². The first-order valence-corrected chi connectivity index (χ1v) is 7.76. The first-order chi connectivity index (χ1) is 10.2. The average molecular weight is 290 g/mol. The number of guanidine groups is 1. The van der Waals surface area contributed by atoms with E-state index >= 15 is 0 Å². The van der Waals surface area contributed by atoms with E-state index in [1.165, 1.54) is 38.3 Å². The van der Waals surface area contributed by atoms with Crippen LogP contribution in [0.25, 0.3) is 0 Å². The summed E-state index contributed by atoms with van der Waals surface area (Å²) < 4.78 is 2.06. The molecule has 1 aromatic heterocycles. The molecule has 6 heteroatoms. The molecule has 3 aliphatic rings. The summed E-state index contributed by atoms with van der Waals surface area (Å²) in [4.78, 5) is 9.47. The number of fused-ring (bicyclic) bond motifs is 3. The van der Waals surface area contributed by atoms with Crippen LogP contribution in [0.2, 0.25) is 0 Å². The normalized spacial score (nSPS) is 28.7. The Kier molecular flexibility index (Phi) is 4.45. The minimum atomic E-state index is 0.614. The summed E-state index contributed by atoms with van der Waals surface area (Å²) in [6, 6.07) is 2.74. The van der Waals surface area contributed by atoms with E-state index in [2.05, 4.69) is 48.5 Å². The maximum atomic E-state index is 4.31. The number of rotatable bonds is 4. The molecule has 3 fully saturated rings. The van der Waals surface area contributed by atoms with Crippen molar-refractivity contribution in [2.24, 2.45) is 12.0 Å². The van der Waals surface area contributed by atoms with Crippen molar-refractivity contribution in [1.29, 1.82) is 0 Å². The van der Waals surface area contributed by atoms with Gasteiger partial charge in [-0.15, -0.1) is 0 Å². The van der Waals surface area contributed by atoms with Crippen molar-refractivity contribution in [3.8, 4) is 0 Å². The van der Waals surface area contributed by atoms with E-state index < -0.39 is 0 Å². The highest BCUT2D eigenvalue weighted by atomic mass is 15.4. The summed E-state index contributed by atoms with van der Waals surface area (Å²) in [6.45, 7) is 7.84. The molecule has 2 N–H and O–H groups in total. The van der Waals surface area contributed by atoms with E-state index in [1.54, 1.807) is 0 Å². The highest BCUT2D eigenvalue weighted by molar-refractivity contribution is 5.79. The lowest BCUT2D eigenvalue weighted by atomic mass is 10.1. The monoisotopic (exact) mass is 290 g/mol. The van der Waals surface area contributed by atoms with Gasteiger partial charge in [0.15, 0.2) is 5.96 Å². The number of hydrogen-bond acceptors (Lipinski definition) is 3. The van der Waals surface area contributed by atoms with Crippen LogP contribution >= 0.6 is 0 Å². The topological polar surface area (TPSA) is 47.8 Å². The van der Waals surface area contributed by atoms with Crippen LogP contribution < -0.4 is 10.6 Å². The molecule has 116 valence electrons. The standard InChI is InChI=1S/C15H26N6/c1-16-15(17-9-13-3-4-19(2)11-13)18-10-14-12-20-5-7-21(14)8-6-20/h3-4,11,14H,5-10,12H2,1-2H3,(H2,16,17,18). The predicted molar refractivity (Wildman–Crippen MR) is 85.4 cm³/mol. The number of aliphatic imine (C=N–C) groups is 1. The van der Waals surface area contributed by atoms with Crippen molar-refractivity contribution in [2.45, 2.75) is 12.6 Å². The fraction of sp³-hybridized carbons (Fsp3) is 0.667. The molecular weight excluding hydrogens is 264 g/mol. The molecule has 0 aliphatic carbocycles. The van der Waals surface area contributed by atoms with Gasteiger partial charge in [0.2, 0.25) is 0 Å². The Hall–Kier alpha value is -1.53. The molecule has 1 aromatic rings. The second-order valence-corrected chi connectivity index (χ2v) is 5.98. The number of aromatic nitrogens is 1. The van der Waals surface area contributed by atoms with Crippen molar-refractivity contribution >= 4 is 5.96 Å². The predicted octanol–water partition coefficient (Wildman–Crippen LogP) is -0.310. The Balaban J connectivity index is 1.44. The van der Waals surface area contributed by atoms with E-state index in [-0.39, 0.29) is 0 Å². The molecule has 0 saturated carbocycles. The number of nitrogens with one attached hydrogen (secondary N) is 2. The van der Waals surface area contributed by atoms with Crippen LogP contribution in [0, 0.1) is 0 Å². The number of aryl methyl sites for hydroxylation is 1. The second-order valence-electron chi connectivity index (χ2n) is 5.98. The van der Waals surface area contributed by atoms with Gasteiger partial charge in [-0.2, -0.15) is 0 Å². The van der Waals surface area contributed by atoms with E-state index in [0.29, 0.717) is 6.04 Å². The zero-order valence-corrected chi connectivity index (χ0v) is 13.0. The van der Waals surface area contributed by atoms with Crippen molar-refractivity contribution in [3.63, 3.8) is 0 Å². The summed E-state index contributed by atoms with van der Waals surface area (Å²) in [5.41, 5.74) is 1.27. The van der Waals surface area contributed by atoms with Gasteiger partial charge in [0.25, 0.3) is 0 Å². The Morgan fingerprint density at radius 1 is 1.29 bits per heavy atom. The fourth-order valence-corrected chi connectivity index (χ4v) is 3.20. The average Bonchev–Trinajstić information content (AvgIpc) is 2.94. The molecule has 4 heterocycles. The Morgan fingerprint density at radius 3 is 2.67 bits per heavy atom. The van der Waals surface area contributed by atoms with Gasteiger partial charge in [-0.1, -0.05) is 0 Å². The molecule has 1 atom stereocenters. The summed E-state index contributed by atoms with van der Waals surface area (Å²) in [5.74, 6) is 0.886. The maximum Gasteiger partial charge on any atom is 0.191 e. The molecule has 3 saturated heterocycles. The third kappa shape index (κ3) is 3.57. The smallest absolute Gasteiger partial charge is 0.191 e. The van der Waals surface area contributed by atoms with Crippen LogP contribution in [-0.4, -0.2) is 72.7 Å².